The highest BCUT2D eigenvalue weighted by Crippen LogP contribution is 2.11. The Bertz CT molecular complexity index is 278. The Balaban J connectivity index is 2.77. The summed E-state index contributed by atoms with van der Waals surface area (Å²) >= 11 is 5.56. The molecule has 4 heteroatoms. The van der Waals surface area contributed by atoms with Crippen LogP contribution < -0.4 is 0 Å². The molecule has 0 saturated heterocycles. The smallest absolute Gasteiger partial charge is 0.0835 e. The molecule has 0 amide bonds. The summed E-state index contributed by atoms with van der Waals surface area (Å²) in [5, 5.41) is 7.63. The van der Waals surface area contributed by atoms with E-state index < -0.39 is 0 Å². The molecule has 1 aromatic heterocycles. The highest BCUT2D eigenvalue weighted by Gasteiger charge is 2.00. The number of halogens is 1. The zero-order chi connectivity index (χ0) is 8.97. The number of nitrogens with zero attached hydrogens (tertiary/aromatic N) is 3. The zero-order valence-electron chi connectivity index (χ0n) is 7.29. The van der Waals surface area contributed by atoms with E-state index in [4.69, 9.17) is 11.6 Å². The summed E-state index contributed by atoms with van der Waals surface area (Å²) in [6.45, 7) is 2.03. The fourth-order valence-corrected chi connectivity index (χ4v) is 1.13. The fourth-order valence-electron chi connectivity index (χ4n) is 1.02. The summed E-state index contributed by atoms with van der Waals surface area (Å²) in [7, 11) is 1.88. The molecule has 0 fully saturated rings. The van der Waals surface area contributed by atoms with E-state index in [-0.39, 0.29) is 0 Å². The predicted molar refractivity (Wildman–Crippen MR) is 50.0 cm³/mol. The first-order valence-electron chi connectivity index (χ1n) is 3.83. The van der Waals surface area contributed by atoms with E-state index in [9.17, 15) is 0 Å². The van der Waals surface area contributed by atoms with Crippen LogP contribution in [0.15, 0.2) is 12.3 Å². The lowest BCUT2D eigenvalue weighted by Gasteiger charge is -1.98. The van der Waals surface area contributed by atoms with E-state index in [1.54, 1.807) is 10.9 Å². The lowest BCUT2D eigenvalue weighted by Crippen LogP contribution is -1.95. The van der Waals surface area contributed by atoms with E-state index in [0.717, 1.165) is 12.1 Å². The van der Waals surface area contributed by atoms with E-state index in [1.165, 1.54) is 5.57 Å². The van der Waals surface area contributed by atoms with Crippen molar-refractivity contribution in [3.05, 3.63) is 18.0 Å². The van der Waals surface area contributed by atoms with Crippen LogP contribution in [0.1, 0.15) is 19.0 Å². The summed E-state index contributed by atoms with van der Waals surface area (Å²) in [5.41, 5.74) is 2.21. The average Bonchev–Trinajstić information content (AvgIpc) is 2.47. The van der Waals surface area contributed by atoms with Gasteiger partial charge in [0.1, 0.15) is 0 Å². The Morgan fingerprint density at radius 3 is 3.00 bits per heavy atom. The van der Waals surface area contributed by atoms with Gasteiger partial charge in [-0.15, -0.1) is 16.7 Å². The van der Waals surface area contributed by atoms with Crippen molar-refractivity contribution in [2.24, 2.45) is 7.05 Å². The number of rotatable bonds is 3. The van der Waals surface area contributed by atoms with Crippen molar-refractivity contribution in [1.82, 2.24) is 15.0 Å². The molecule has 66 valence electrons. The van der Waals surface area contributed by atoms with E-state index in [2.05, 4.69) is 16.4 Å². The van der Waals surface area contributed by atoms with Crippen LogP contribution in [0.3, 0.4) is 0 Å². The summed E-state index contributed by atoms with van der Waals surface area (Å²) in [4.78, 5) is 0. The first-order valence-corrected chi connectivity index (χ1v) is 4.37. The van der Waals surface area contributed by atoms with Crippen molar-refractivity contribution in [1.29, 1.82) is 0 Å². The highest BCUT2D eigenvalue weighted by molar-refractivity contribution is 6.17. The van der Waals surface area contributed by atoms with Gasteiger partial charge in [-0.1, -0.05) is 11.3 Å². The Kier molecular flexibility index (Phi) is 3.29. The van der Waals surface area contributed by atoms with E-state index in [0.29, 0.717) is 5.88 Å². The molecule has 1 aromatic rings. The molecule has 1 rings (SSSR count). The lowest BCUT2D eigenvalue weighted by atomic mass is 10.2. The van der Waals surface area contributed by atoms with Gasteiger partial charge in [-0.05, 0) is 18.9 Å². The molecule has 0 spiro atoms. The Hall–Kier alpha value is -0.830. The first kappa shape index (κ1) is 9.26. The van der Waals surface area contributed by atoms with Crippen LogP contribution >= 0.6 is 11.6 Å². The first-order chi connectivity index (χ1) is 5.75. The molecule has 0 aliphatic rings. The minimum absolute atomic E-state index is 0.655. The van der Waals surface area contributed by atoms with Gasteiger partial charge in [-0.25, -0.2) is 4.68 Å². The van der Waals surface area contributed by atoms with Gasteiger partial charge >= 0.3 is 0 Å². The molecule has 0 aromatic carbocycles. The molecule has 0 saturated carbocycles. The molecular weight excluding hydrogens is 174 g/mol. The van der Waals surface area contributed by atoms with Crippen molar-refractivity contribution >= 4 is 17.2 Å². The summed E-state index contributed by atoms with van der Waals surface area (Å²) < 4.78 is 1.75. The fraction of sp³-hybridized carbons (Fsp3) is 0.500. The normalized spacial score (nSPS) is 12.1. The SMILES string of the molecule is C/C(=C\CCCl)c1cnnn1C. The van der Waals surface area contributed by atoms with E-state index >= 15 is 0 Å². The second kappa shape index (κ2) is 4.26. The van der Waals surface area contributed by atoms with Crippen molar-refractivity contribution in [3.8, 4) is 0 Å². The van der Waals surface area contributed by atoms with Crippen LogP contribution in [0.4, 0.5) is 0 Å². The van der Waals surface area contributed by atoms with Crippen LogP contribution in [0, 0.1) is 0 Å². The molecular formula is C8H12ClN3. The molecule has 1 heterocycles. The Morgan fingerprint density at radius 2 is 2.50 bits per heavy atom. The van der Waals surface area contributed by atoms with Gasteiger partial charge in [-0.3, -0.25) is 0 Å². The maximum absolute atomic E-state index is 5.56. The summed E-state index contributed by atoms with van der Waals surface area (Å²) in [6, 6.07) is 0. The van der Waals surface area contributed by atoms with E-state index in [1.807, 2.05) is 14.0 Å². The van der Waals surface area contributed by atoms with Crippen LogP contribution in [0.5, 0.6) is 0 Å². The largest absolute Gasteiger partial charge is 0.248 e. The number of aromatic nitrogens is 3. The van der Waals surface area contributed by atoms with Gasteiger partial charge in [0.15, 0.2) is 0 Å². The Morgan fingerprint density at radius 1 is 1.75 bits per heavy atom. The lowest BCUT2D eigenvalue weighted by molar-refractivity contribution is 0.707. The Labute approximate surface area is 77.0 Å². The molecule has 12 heavy (non-hydrogen) atoms. The monoisotopic (exact) mass is 185 g/mol. The standard InChI is InChI=1S/C8H12ClN3/c1-7(4-3-5-9)8-6-10-11-12(8)2/h4,6H,3,5H2,1-2H3/b7-4+. The number of alkyl halides is 1. The number of hydrogen-bond acceptors (Lipinski definition) is 2. The molecule has 0 unspecified atom stereocenters. The van der Waals surface area contributed by atoms with Gasteiger partial charge in [0.05, 0.1) is 11.9 Å². The molecule has 0 bridgehead atoms. The second-order valence-electron chi connectivity index (χ2n) is 2.61. The maximum atomic E-state index is 5.56. The minimum atomic E-state index is 0.655. The van der Waals surface area contributed by atoms with Gasteiger partial charge < -0.3 is 0 Å². The third-order valence-electron chi connectivity index (χ3n) is 1.68. The van der Waals surface area contributed by atoms with Gasteiger partial charge in [0.25, 0.3) is 0 Å². The van der Waals surface area contributed by atoms with Crippen molar-refractivity contribution in [3.63, 3.8) is 0 Å². The average molecular weight is 186 g/mol. The molecule has 3 nitrogen and oxygen atoms in total. The van der Waals surface area contributed by atoms with Crippen LogP contribution in [-0.2, 0) is 7.05 Å². The third-order valence-corrected chi connectivity index (χ3v) is 1.90. The molecule has 0 aliphatic heterocycles. The molecule has 0 radical (unpaired) electrons. The molecule has 0 N–H and O–H groups in total. The quantitative estimate of drug-likeness (QED) is 0.673. The minimum Gasteiger partial charge on any atom is -0.248 e. The number of allylic oxidation sites excluding steroid dienone is 2. The maximum Gasteiger partial charge on any atom is 0.0835 e. The van der Waals surface area contributed by atoms with Crippen LogP contribution in [0.25, 0.3) is 5.57 Å². The topological polar surface area (TPSA) is 30.7 Å². The van der Waals surface area contributed by atoms with Crippen molar-refractivity contribution < 1.29 is 0 Å². The van der Waals surface area contributed by atoms with Crippen LogP contribution in [0.2, 0.25) is 0 Å². The zero-order valence-corrected chi connectivity index (χ0v) is 8.04. The number of aryl methyl sites for hydroxylation is 1. The summed E-state index contributed by atoms with van der Waals surface area (Å²) in [5.74, 6) is 0.655. The predicted octanol–water partition coefficient (Wildman–Crippen LogP) is 1.85. The summed E-state index contributed by atoms with van der Waals surface area (Å²) in [6.07, 6.45) is 4.73. The van der Waals surface area contributed by atoms with Crippen molar-refractivity contribution in [2.45, 2.75) is 13.3 Å². The molecule has 0 aliphatic carbocycles. The van der Waals surface area contributed by atoms with Gasteiger partial charge in [0.2, 0.25) is 0 Å². The highest BCUT2D eigenvalue weighted by atomic mass is 35.5. The second-order valence-corrected chi connectivity index (χ2v) is 2.99. The molecule has 0 atom stereocenters. The van der Waals surface area contributed by atoms with Crippen LogP contribution in [-0.4, -0.2) is 20.9 Å². The van der Waals surface area contributed by atoms with Gasteiger partial charge in [0, 0.05) is 12.9 Å². The third kappa shape index (κ3) is 2.08. The van der Waals surface area contributed by atoms with Crippen molar-refractivity contribution in [2.75, 3.05) is 5.88 Å². The van der Waals surface area contributed by atoms with Gasteiger partial charge in [-0.2, -0.15) is 0 Å². The number of hydrogen-bond donors (Lipinski definition) is 0.